The summed E-state index contributed by atoms with van der Waals surface area (Å²) in [6, 6.07) is 12.1. The summed E-state index contributed by atoms with van der Waals surface area (Å²) < 4.78 is 0. The average molecular weight is 281 g/mol. The van der Waals surface area contributed by atoms with Crippen molar-refractivity contribution in [3.05, 3.63) is 47.0 Å². The Kier molecular flexibility index (Phi) is 4.30. The highest BCUT2D eigenvalue weighted by atomic mass is 14.9. The van der Waals surface area contributed by atoms with E-state index in [9.17, 15) is 0 Å². The smallest absolute Gasteiger partial charge is 0.0328 e. The van der Waals surface area contributed by atoms with Crippen LogP contribution in [0.1, 0.15) is 56.3 Å². The van der Waals surface area contributed by atoms with E-state index in [1.54, 1.807) is 16.5 Å². The van der Waals surface area contributed by atoms with Gasteiger partial charge in [-0.2, -0.15) is 0 Å². The minimum atomic E-state index is 0.481. The normalized spacial score (nSPS) is 15.0. The van der Waals surface area contributed by atoms with E-state index in [0.717, 1.165) is 6.54 Å². The monoisotopic (exact) mass is 281 g/mol. The highest BCUT2D eigenvalue weighted by Crippen LogP contribution is 2.36. The molecule has 1 aliphatic rings. The third-order valence-electron chi connectivity index (χ3n) is 4.63. The molecule has 3 rings (SSSR count). The van der Waals surface area contributed by atoms with Crippen LogP contribution in [0.5, 0.6) is 0 Å². The second-order valence-electron chi connectivity index (χ2n) is 6.79. The van der Waals surface area contributed by atoms with Gasteiger partial charge in [-0.05, 0) is 65.6 Å². The van der Waals surface area contributed by atoms with Gasteiger partial charge in [-0.3, -0.25) is 0 Å². The van der Waals surface area contributed by atoms with Crippen LogP contribution in [-0.2, 0) is 12.8 Å². The van der Waals surface area contributed by atoms with Gasteiger partial charge in [-0.15, -0.1) is 0 Å². The maximum atomic E-state index is 3.77. The van der Waals surface area contributed by atoms with Gasteiger partial charge in [0.25, 0.3) is 0 Å². The van der Waals surface area contributed by atoms with E-state index in [1.165, 1.54) is 36.6 Å². The first-order valence-corrected chi connectivity index (χ1v) is 8.47. The molecule has 0 aliphatic heterocycles. The van der Waals surface area contributed by atoms with Gasteiger partial charge in [0.05, 0.1) is 0 Å². The van der Waals surface area contributed by atoms with E-state index in [1.807, 2.05) is 0 Å². The van der Waals surface area contributed by atoms with E-state index in [4.69, 9.17) is 0 Å². The van der Waals surface area contributed by atoms with Crippen LogP contribution in [-0.4, -0.2) is 6.54 Å². The van der Waals surface area contributed by atoms with Crippen molar-refractivity contribution in [1.82, 2.24) is 5.32 Å². The standard InChI is InChI=1S/C20H27N/c1-4-12-21-19(13-14(2)3)17-11-10-16-9-8-15-6-5-7-18(17)20(15)16/h5-7,10-11,14,19,21H,4,8-9,12-13H2,1-3H3. The molecule has 0 heterocycles. The van der Waals surface area contributed by atoms with E-state index in [0.29, 0.717) is 12.0 Å². The molecule has 2 aromatic carbocycles. The van der Waals surface area contributed by atoms with E-state index in [-0.39, 0.29) is 0 Å². The third-order valence-corrected chi connectivity index (χ3v) is 4.63. The lowest BCUT2D eigenvalue weighted by atomic mass is 9.91. The Hall–Kier alpha value is -1.34. The van der Waals surface area contributed by atoms with Crippen LogP contribution in [0.15, 0.2) is 30.3 Å². The molecule has 0 aromatic heterocycles. The Bertz CT molecular complexity index is 617. The first-order valence-electron chi connectivity index (χ1n) is 8.47. The second-order valence-corrected chi connectivity index (χ2v) is 6.79. The van der Waals surface area contributed by atoms with Crippen LogP contribution in [0.2, 0.25) is 0 Å². The minimum absolute atomic E-state index is 0.481. The zero-order valence-corrected chi connectivity index (χ0v) is 13.6. The lowest BCUT2D eigenvalue weighted by molar-refractivity contribution is 0.432. The summed E-state index contributed by atoms with van der Waals surface area (Å²) in [6.45, 7) is 7.98. The van der Waals surface area contributed by atoms with Crippen molar-refractivity contribution in [3.8, 4) is 0 Å². The van der Waals surface area contributed by atoms with Crippen LogP contribution < -0.4 is 5.32 Å². The maximum absolute atomic E-state index is 3.77. The number of nitrogens with one attached hydrogen (secondary N) is 1. The van der Waals surface area contributed by atoms with Gasteiger partial charge in [0.1, 0.15) is 0 Å². The molecule has 112 valence electrons. The van der Waals surface area contributed by atoms with Crippen molar-refractivity contribution in [3.63, 3.8) is 0 Å². The Labute approximate surface area is 128 Å². The molecule has 0 amide bonds. The molecule has 1 atom stereocenters. The molecule has 0 bridgehead atoms. The van der Waals surface area contributed by atoms with E-state index >= 15 is 0 Å². The molecule has 0 radical (unpaired) electrons. The molecule has 1 N–H and O–H groups in total. The Balaban J connectivity index is 2.05. The van der Waals surface area contributed by atoms with Crippen LogP contribution in [0.4, 0.5) is 0 Å². The van der Waals surface area contributed by atoms with Gasteiger partial charge in [-0.1, -0.05) is 51.1 Å². The minimum Gasteiger partial charge on any atom is -0.310 e. The van der Waals surface area contributed by atoms with Gasteiger partial charge in [-0.25, -0.2) is 0 Å². The van der Waals surface area contributed by atoms with E-state index < -0.39 is 0 Å². The molecule has 1 nitrogen and oxygen atoms in total. The third kappa shape index (κ3) is 2.85. The predicted octanol–water partition coefficient (Wildman–Crippen LogP) is 5.03. The largest absolute Gasteiger partial charge is 0.310 e. The number of hydrogen-bond acceptors (Lipinski definition) is 1. The molecule has 1 heteroatoms. The second kappa shape index (κ2) is 6.19. The molecule has 0 saturated carbocycles. The lowest BCUT2D eigenvalue weighted by Crippen LogP contribution is -2.23. The zero-order chi connectivity index (χ0) is 14.8. The predicted molar refractivity (Wildman–Crippen MR) is 91.8 cm³/mol. The average Bonchev–Trinajstić information content (AvgIpc) is 2.89. The topological polar surface area (TPSA) is 12.0 Å². The van der Waals surface area contributed by atoms with Gasteiger partial charge >= 0.3 is 0 Å². The van der Waals surface area contributed by atoms with Crippen molar-refractivity contribution in [1.29, 1.82) is 0 Å². The molecular weight excluding hydrogens is 254 g/mol. The van der Waals surface area contributed by atoms with Gasteiger partial charge < -0.3 is 5.32 Å². The first-order chi connectivity index (χ1) is 10.2. The van der Waals surface area contributed by atoms with Gasteiger partial charge in [0, 0.05) is 6.04 Å². The fraction of sp³-hybridized carbons (Fsp3) is 0.500. The van der Waals surface area contributed by atoms with Crippen LogP contribution >= 0.6 is 0 Å². The Morgan fingerprint density at radius 2 is 1.81 bits per heavy atom. The summed E-state index contributed by atoms with van der Waals surface area (Å²) in [5, 5.41) is 6.80. The van der Waals surface area contributed by atoms with Gasteiger partial charge in [0.2, 0.25) is 0 Å². The number of benzene rings is 2. The summed E-state index contributed by atoms with van der Waals surface area (Å²) in [6.07, 6.45) is 4.83. The van der Waals surface area contributed by atoms with Crippen LogP contribution in [0, 0.1) is 5.92 Å². The summed E-state index contributed by atoms with van der Waals surface area (Å²) in [7, 11) is 0. The van der Waals surface area contributed by atoms with Gasteiger partial charge in [0.15, 0.2) is 0 Å². The molecule has 0 saturated heterocycles. The quantitative estimate of drug-likeness (QED) is 0.783. The van der Waals surface area contributed by atoms with Crippen molar-refractivity contribution in [2.45, 2.75) is 52.5 Å². The summed E-state index contributed by atoms with van der Waals surface area (Å²) >= 11 is 0. The number of aryl methyl sites for hydroxylation is 2. The molecule has 2 aromatic rings. The van der Waals surface area contributed by atoms with Crippen molar-refractivity contribution >= 4 is 10.8 Å². The molecule has 0 spiro atoms. The highest BCUT2D eigenvalue weighted by molar-refractivity contribution is 5.93. The highest BCUT2D eigenvalue weighted by Gasteiger charge is 2.20. The molecular formula is C20H27N. The SMILES string of the molecule is CCCNC(CC(C)C)c1ccc2c3c(cccc13)CC2. The summed E-state index contributed by atoms with van der Waals surface area (Å²) in [5.74, 6) is 0.711. The Morgan fingerprint density at radius 1 is 1.05 bits per heavy atom. The zero-order valence-electron chi connectivity index (χ0n) is 13.6. The molecule has 21 heavy (non-hydrogen) atoms. The fourth-order valence-corrected chi connectivity index (χ4v) is 3.68. The maximum Gasteiger partial charge on any atom is 0.0328 e. The van der Waals surface area contributed by atoms with Crippen molar-refractivity contribution in [2.24, 2.45) is 5.92 Å². The van der Waals surface area contributed by atoms with Crippen LogP contribution in [0.3, 0.4) is 0 Å². The summed E-state index contributed by atoms with van der Waals surface area (Å²) in [4.78, 5) is 0. The van der Waals surface area contributed by atoms with Crippen molar-refractivity contribution in [2.75, 3.05) is 6.54 Å². The molecule has 1 aliphatic carbocycles. The molecule has 0 fully saturated rings. The van der Waals surface area contributed by atoms with E-state index in [2.05, 4.69) is 56.4 Å². The Morgan fingerprint density at radius 3 is 2.52 bits per heavy atom. The van der Waals surface area contributed by atoms with Crippen LogP contribution in [0.25, 0.3) is 10.8 Å². The summed E-state index contributed by atoms with van der Waals surface area (Å²) in [5.41, 5.74) is 4.59. The number of rotatable bonds is 6. The fourth-order valence-electron chi connectivity index (χ4n) is 3.68. The van der Waals surface area contributed by atoms with Crippen molar-refractivity contribution < 1.29 is 0 Å². The molecule has 1 unspecified atom stereocenters. The lowest BCUT2D eigenvalue weighted by Gasteiger charge is -2.23. The number of hydrogen-bond donors (Lipinski definition) is 1. The first kappa shape index (κ1) is 14.6.